The minimum absolute atomic E-state index is 0.0329. The van der Waals surface area contributed by atoms with E-state index in [1.54, 1.807) is 11.0 Å². The quantitative estimate of drug-likeness (QED) is 0.157. The van der Waals surface area contributed by atoms with Crippen molar-refractivity contribution in [3.05, 3.63) is 12.7 Å². The Morgan fingerprint density at radius 1 is 0.797 bits per heavy atom. The van der Waals surface area contributed by atoms with Gasteiger partial charge in [-0.25, -0.2) is 0 Å². The molecule has 328 valence electrons. The van der Waals surface area contributed by atoms with Gasteiger partial charge >= 0.3 is 251 Å². The molecule has 0 radical (unpaired) electrons. The average Bonchev–Trinajstić information content (AvgIpc) is 3.64. The maximum atomic E-state index is 15.3. The third-order valence-corrected chi connectivity index (χ3v) is 20.8. The minimum atomic E-state index is -3.64. The Hall–Kier alpha value is -2.39. The molecule has 3 aliphatic heterocycles. The number of carbonyl (C=O) groups excluding carboxylic acids is 5. The summed E-state index contributed by atoms with van der Waals surface area (Å²) in [5, 5.41) is 9.53. The number of piperidine rings is 1. The SMILES string of the molecule is C=C[C@@H]1C[C@]1(NC(=O)[C@@H]1C[C@@]2(CN1C(=O)[C@@H](NC(=O)[C@@H](NC(=O)[C@@H]1CCCCN1C(C)C)C1CCCCC1)C(C)(C)C)C(C)(C)C21CCC1)C(=O)[NH][Sn](=[O])[N]1CCCC1. The summed E-state index contributed by atoms with van der Waals surface area (Å²) in [6, 6.07) is -2.71. The molecule has 14 heteroatoms. The molecule has 0 unspecified atom stereocenters. The van der Waals surface area contributed by atoms with Crippen LogP contribution in [0.15, 0.2) is 12.7 Å². The fourth-order valence-corrected chi connectivity index (χ4v) is 16.3. The summed E-state index contributed by atoms with van der Waals surface area (Å²) in [5.74, 6) is -1.96. The van der Waals surface area contributed by atoms with E-state index >= 15 is 4.79 Å². The number of carbonyl (C=O) groups is 5. The van der Waals surface area contributed by atoms with Crippen LogP contribution in [0.5, 0.6) is 0 Å². The summed E-state index contributed by atoms with van der Waals surface area (Å²) in [6.45, 7) is 21.2. The van der Waals surface area contributed by atoms with Gasteiger partial charge in [-0.15, -0.1) is 0 Å². The maximum absolute atomic E-state index is 15.3. The van der Waals surface area contributed by atoms with Crippen molar-refractivity contribution in [3.63, 3.8) is 0 Å². The van der Waals surface area contributed by atoms with E-state index in [4.69, 9.17) is 0 Å². The summed E-state index contributed by atoms with van der Waals surface area (Å²) in [4.78, 5) is 76.8. The van der Waals surface area contributed by atoms with E-state index < -0.39 is 61.2 Å². The molecule has 2 spiro atoms. The Labute approximate surface area is 360 Å². The first-order valence-corrected chi connectivity index (χ1v) is 26.9. The normalized spacial score (nSPS) is 32.5. The predicted molar refractivity (Wildman–Crippen MR) is 227 cm³/mol. The zero-order valence-corrected chi connectivity index (χ0v) is 39.9. The molecule has 7 rings (SSSR count). The van der Waals surface area contributed by atoms with Crippen molar-refractivity contribution >= 4 is 49.8 Å². The van der Waals surface area contributed by atoms with Crippen LogP contribution in [-0.4, -0.2) is 125 Å². The van der Waals surface area contributed by atoms with Gasteiger partial charge in [0.25, 0.3) is 0 Å². The molecule has 4 saturated carbocycles. The van der Waals surface area contributed by atoms with Gasteiger partial charge in [0.1, 0.15) is 0 Å². The Bertz CT molecular complexity index is 1700. The summed E-state index contributed by atoms with van der Waals surface area (Å²) in [7, 11) is 0. The number of nitrogens with one attached hydrogen (secondary N) is 4. The average molecular weight is 927 g/mol. The van der Waals surface area contributed by atoms with Gasteiger partial charge in [-0.3, -0.25) is 9.69 Å². The van der Waals surface area contributed by atoms with Crippen LogP contribution in [0, 0.1) is 33.5 Å². The fourth-order valence-electron chi connectivity index (χ4n) is 12.6. The van der Waals surface area contributed by atoms with E-state index in [9.17, 15) is 22.3 Å². The first-order valence-electron chi connectivity index (χ1n) is 23.1. The molecule has 7 aliphatic rings. The molecule has 7 fully saturated rings. The molecule has 0 aromatic heterocycles. The zero-order chi connectivity index (χ0) is 42.7. The van der Waals surface area contributed by atoms with Gasteiger partial charge in [-0.2, -0.15) is 0 Å². The van der Waals surface area contributed by atoms with Gasteiger partial charge in [0, 0.05) is 6.04 Å². The van der Waals surface area contributed by atoms with E-state index in [0.717, 1.165) is 90.0 Å². The van der Waals surface area contributed by atoms with Gasteiger partial charge in [-0.05, 0) is 52.0 Å². The standard InChI is InChI=1S/C41H66N6O5.C4H8N.O.Sn/c1-9-27-22-41(27,36(42)52)45-33(49)29-23-40(38(7,8)39(40)19-15-20-39)24-47(29)35(51)31(37(4,5)6)44-34(50)30(26-16-11-10-12-17-26)43-32(48)28-18-13-14-21-46(28)25(2)3;1-2-4-5-3-1;;/h9,25-31H,1,10-24H2,2-8H3,(H5,42,43,44,45,48,49,50,52);1-4H2;;/q;-1;;+2/p-1/t27-,28+,29+,30+,31-,40-,41-;;;/m1.../s1. The number of nitrogens with zero attached hydrogens (tertiary/aromatic N) is 3. The van der Waals surface area contributed by atoms with Crippen molar-refractivity contribution in [2.24, 2.45) is 33.5 Å². The van der Waals surface area contributed by atoms with Crippen molar-refractivity contribution in [1.29, 1.82) is 0 Å². The van der Waals surface area contributed by atoms with Crippen LogP contribution in [0.2, 0.25) is 0 Å². The number of likely N-dealkylation sites (tertiary alicyclic amines) is 2. The molecule has 4 aliphatic carbocycles. The number of hydrogen-bond acceptors (Lipinski definition) is 7. The van der Waals surface area contributed by atoms with Crippen molar-refractivity contribution in [2.75, 3.05) is 26.2 Å². The molecule has 3 heterocycles. The van der Waals surface area contributed by atoms with E-state index in [1.807, 2.05) is 23.9 Å². The van der Waals surface area contributed by atoms with Crippen LogP contribution in [0.1, 0.15) is 145 Å². The molecular weight excluding hydrogens is 853 g/mol. The predicted octanol–water partition coefficient (Wildman–Crippen LogP) is 4.33. The molecule has 0 bridgehead atoms. The number of hydrogen-bond donors (Lipinski definition) is 4. The van der Waals surface area contributed by atoms with Crippen molar-refractivity contribution < 1.29 is 27.0 Å². The summed E-state index contributed by atoms with van der Waals surface area (Å²) >= 11 is -3.64. The molecule has 0 aromatic carbocycles. The molecule has 13 nitrogen and oxygen atoms in total. The fraction of sp³-hybridized carbons (Fsp3) is 0.844. The van der Waals surface area contributed by atoms with E-state index in [1.165, 1.54) is 0 Å². The summed E-state index contributed by atoms with van der Waals surface area (Å²) < 4.78 is 18.0. The van der Waals surface area contributed by atoms with Crippen molar-refractivity contribution in [2.45, 2.75) is 181 Å². The Kier molecular flexibility index (Phi) is 12.7. The van der Waals surface area contributed by atoms with Gasteiger partial charge in [0.05, 0.1) is 6.04 Å². The molecule has 4 N–H and O–H groups in total. The van der Waals surface area contributed by atoms with Gasteiger partial charge in [-0.1, -0.05) is 25.7 Å². The first kappa shape index (κ1) is 44.7. The van der Waals surface area contributed by atoms with Crippen LogP contribution in [0.25, 0.3) is 0 Å². The van der Waals surface area contributed by atoms with Gasteiger partial charge in [0.2, 0.25) is 5.91 Å². The number of fused-ring (bicyclic) bond motifs is 1. The Balaban J connectivity index is 1.14. The number of rotatable bonds is 13. The van der Waals surface area contributed by atoms with E-state index in [0.29, 0.717) is 32.5 Å². The van der Waals surface area contributed by atoms with Crippen LogP contribution in [-0.2, 0) is 27.0 Å². The Morgan fingerprint density at radius 3 is 2.00 bits per heavy atom. The van der Waals surface area contributed by atoms with Crippen LogP contribution in [0.3, 0.4) is 0 Å². The van der Waals surface area contributed by atoms with Gasteiger partial charge in [0.15, 0.2) is 0 Å². The molecular formula is C45H73N7O6Sn. The van der Waals surface area contributed by atoms with Gasteiger partial charge < -0.3 is 5.32 Å². The molecule has 5 amide bonds. The molecule has 59 heavy (non-hydrogen) atoms. The molecule has 7 atom stereocenters. The van der Waals surface area contributed by atoms with Crippen molar-refractivity contribution in [3.8, 4) is 0 Å². The topological polar surface area (TPSA) is 160 Å². The van der Waals surface area contributed by atoms with Crippen molar-refractivity contribution in [1.82, 2.24) is 32.4 Å². The Morgan fingerprint density at radius 2 is 1.44 bits per heavy atom. The first-order chi connectivity index (χ1) is 27.8. The van der Waals surface area contributed by atoms with Crippen LogP contribution < -0.4 is 19.5 Å². The van der Waals surface area contributed by atoms with Crippen LogP contribution >= 0.6 is 0 Å². The third-order valence-electron chi connectivity index (χ3n) is 16.7. The third kappa shape index (κ3) is 7.86. The summed E-state index contributed by atoms with van der Waals surface area (Å²) in [6.07, 6.45) is 15.1. The van der Waals surface area contributed by atoms with E-state index in [-0.39, 0.29) is 57.9 Å². The second-order valence-corrected chi connectivity index (χ2v) is 25.6. The van der Waals surface area contributed by atoms with E-state index in [2.05, 4.69) is 58.7 Å². The monoisotopic (exact) mass is 927 g/mol. The number of amides is 5. The second kappa shape index (κ2) is 16.7. The van der Waals surface area contributed by atoms with Crippen LogP contribution in [0.4, 0.5) is 0 Å². The second-order valence-electron chi connectivity index (χ2n) is 21.3. The zero-order valence-electron chi connectivity index (χ0n) is 37.1. The molecule has 3 saturated heterocycles. The molecule has 0 aromatic rings. The summed E-state index contributed by atoms with van der Waals surface area (Å²) in [5.41, 5.74) is -2.33.